The van der Waals surface area contributed by atoms with Crippen molar-refractivity contribution in [3.63, 3.8) is 0 Å². The molecule has 1 aromatic heterocycles. The highest BCUT2D eigenvalue weighted by Crippen LogP contribution is 2.30. The van der Waals surface area contributed by atoms with Crippen LogP contribution in [0.25, 0.3) is 6.08 Å². The zero-order valence-electron chi connectivity index (χ0n) is 9.51. The molecule has 1 amide bonds. The summed E-state index contributed by atoms with van der Waals surface area (Å²) >= 11 is 0. The molecule has 0 fully saturated rings. The van der Waals surface area contributed by atoms with Crippen LogP contribution in [0.4, 0.5) is 5.69 Å². The summed E-state index contributed by atoms with van der Waals surface area (Å²) in [5.41, 5.74) is 1.60. The first-order valence-corrected chi connectivity index (χ1v) is 5.26. The van der Waals surface area contributed by atoms with E-state index in [2.05, 4.69) is 10.3 Å². The third kappa shape index (κ3) is 2.15. The second-order valence-corrected chi connectivity index (χ2v) is 3.71. The van der Waals surface area contributed by atoms with E-state index < -0.39 is 0 Å². The van der Waals surface area contributed by atoms with Gasteiger partial charge in [-0.1, -0.05) is 12.1 Å². The molecule has 0 unspecified atom stereocenters. The molecule has 0 saturated carbocycles. The Morgan fingerprint density at radius 2 is 2.00 bits per heavy atom. The predicted octanol–water partition coefficient (Wildman–Crippen LogP) is 2.01. The number of hydrogen-bond donors (Lipinski definition) is 2. The third-order valence-electron chi connectivity index (χ3n) is 2.50. The number of ether oxygens (including phenoxy) is 1. The standard InChI is InChI=1S/C13H10N2O2.B/c16-13-12(7-9-5-6-14-8-9)17-11-4-2-1-3-10(11)15-13;/h1-8,14H,(H,15,16);. The van der Waals surface area contributed by atoms with Crippen LogP contribution in [-0.2, 0) is 4.79 Å². The summed E-state index contributed by atoms with van der Waals surface area (Å²) in [6.45, 7) is 0. The van der Waals surface area contributed by atoms with Gasteiger partial charge in [0.2, 0.25) is 0 Å². The first-order chi connectivity index (χ1) is 8.33. The maximum atomic E-state index is 11.8. The number of nitrogens with one attached hydrogen (secondary N) is 2. The van der Waals surface area contributed by atoms with Gasteiger partial charge in [-0.25, -0.2) is 0 Å². The van der Waals surface area contributed by atoms with Crippen molar-refractivity contribution in [2.75, 3.05) is 5.32 Å². The number of anilines is 1. The van der Waals surface area contributed by atoms with Crippen molar-refractivity contribution >= 4 is 26.1 Å². The Morgan fingerprint density at radius 3 is 2.78 bits per heavy atom. The molecular formula is C13H10BN2O2. The number of aromatic nitrogens is 1. The Labute approximate surface area is 106 Å². The molecule has 3 rings (SSSR count). The van der Waals surface area contributed by atoms with Gasteiger partial charge in [-0.2, -0.15) is 0 Å². The van der Waals surface area contributed by atoms with E-state index in [1.807, 2.05) is 24.3 Å². The van der Waals surface area contributed by atoms with E-state index in [0.717, 1.165) is 5.56 Å². The van der Waals surface area contributed by atoms with E-state index in [-0.39, 0.29) is 14.3 Å². The van der Waals surface area contributed by atoms with Crippen molar-refractivity contribution in [1.82, 2.24) is 4.98 Å². The first-order valence-electron chi connectivity index (χ1n) is 5.26. The number of rotatable bonds is 1. The molecule has 18 heavy (non-hydrogen) atoms. The monoisotopic (exact) mass is 237 g/mol. The number of hydrogen-bond acceptors (Lipinski definition) is 2. The van der Waals surface area contributed by atoms with Crippen LogP contribution in [-0.4, -0.2) is 19.3 Å². The van der Waals surface area contributed by atoms with Gasteiger partial charge < -0.3 is 15.0 Å². The number of aromatic amines is 1. The Hall–Kier alpha value is -2.43. The molecule has 5 heteroatoms. The molecule has 4 nitrogen and oxygen atoms in total. The average molecular weight is 237 g/mol. The van der Waals surface area contributed by atoms with E-state index >= 15 is 0 Å². The minimum atomic E-state index is -0.232. The molecule has 0 aliphatic carbocycles. The van der Waals surface area contributed by atoms with Gasteiger partial charge >= 0.3 is 0 Å². The van der Waals surface area contributed by atoms with Gasteiger partial charge in [0, 0.05) is 20.8 Å². The molecule has 2 aromatic rings. The lowest BCUT2D eigenvalue weighted by atomic mass is 10.2. The molecule has 2 N–H and O–H groups in total. The molecule has 2 heterocycles. The summed E-state index contributed by atoms with van der Waals surface area (Å²) < 4.78 is 5.55. The van der Waals surface area contributed by atoms with Gasteiger partial charge in [-0.15, -0.1) is 0 Å². The molecule has 87 valence electrons. The van der Waals surface area contributed by atoms with Crippen molar-refractivity contribution in [3.05, 3.63) is 54.0 Å². The van der Waals surface area contributed by atoms with Crippen LogP contribution < -0.4 is 10.1 Å². The van der Waals surface area contributed by atoms with E-state index in [0.29, 0.717) is 17.2 Å². The van der Waals surface area contributed by atoms with Crippen LogP contribution in [0, 0.1) is 0 Å². The number of carbonyl (C=O) groups is 1. The normalized spacial score (nSPS) is 15.3. The fourth-order valence-electron chi connectivity index (χ4n) is 1.68. The van der Waals surface area contributed by atoms with Crippen LogP contribution >= 0.6 is 0 Å². The maximum absolute atomic E-state index is 11.8. The molecule has 0 atom stereocenters. The summed E-state index contributed by atoms with van der Waals surface area (Å²) in [5, 5.41) is 2.78. The second-order valence-electron chi connectivity index (χ2n) is 3.71. The molecule has 3 radical (unpaired) electrons. The zero-order chi connectivity index (χ0) is 11.7. The largest absolute Gasteiger partial charge is 0.449 e. The van der Waals surface area contributed by atoms with Gasteiger partial charge in [0.15, 0.2) is 11.5 Å². The van der Waals surface area contributed by atoms with Gasteiger partial charge in [0.25, 0.3) is 5.91 Å². The van der Waals surface area contributed by atoms with Crippen molar-refractivity contribution in [1.29, 1.82) is 0 Å². The number of fused-ring (bicyclic) bond motifs is 1. The summed E-state index contributed by atoms with van der Waals surface area (Å²) in [6, 6.07) is 9.21. The number of H-pyrrole nitrogens is 1. The van der Waals surface area contributed by atoms with Gasteiger partial charge in [0.1, 0.15) is 0 Å². The van der Waals surface area contributed by atoms with E-state index in [1.54, 1.807) is 24.5 Å². The number of amides is 1. The van der Waals surface area contributed by atoms with E-state index in [9.17, 15) is 4.79 Å². The van der Waals surface area contributed by atoms with Gasteiger partial charge in [0.05, 0.1) is 5.69 Å². The minimum Gasteiger partial charge on any atom is -0.449 e. The van der Waals surface area contributed by atoms with E-state index in [4.69, 9.17) is 4.74 Å². The number of carbonyl (C=O) groups excluding carboxylic acids is 1. The van der Waals surface area contributed by atoms with Crippen LogP contribution in [0.3, 0.4) is 0 Å². The smallest absolute Gasteiger partial charge is 0.291 e. The molecule has 1 aliphatic rings. The average Bonchev–Trinajstić information content (AvgIpc) is 2.83. The van der Waals surface area contributed by atoms with E-state index in [1.165, 1.54) is 0 Å². The quantitative estimate of drug-likeness (QED) is 0.588. The summed E-state index contributed by atoms with van der Waals surface area (Å²) in [7, 11) is 0. The van der Waals surface area contributed by atoms with Crippen LogP contribution in [0.5, 0.6) is 5.75 Å². The highest BCUT2D eigenvalue weighted by Gasteiger charge is 2.21. The predicted molar refractivity (Wildman–Crippen MR) is 70.2 cm³/mol. The van der Waals surface area contributed by atoms with Crippen molar-refractivity contribution in [2.24, 2.45) is 0 Å². The Kier molecular flexibility index (Phi) is 3.23. The molecule has 1 aromatic carbocycles. The molecule has 1 aliphatic heterocycles. The Bertz CT molecular complexity index is 591. The van der Waals surface area contributed by atoms with Crippen LogP contribution in [0.2, 0.25) is 0 Å². The van der Waals surface area contributed by atoms with Gasteiger partial charge in [-0.05, 0) is 29.8 Å². The van der Waals surface area contributed by atoms with Crippen LogP contribution in [0.15, 0.2) is 48.5 Å². The van der Waals surface area contributed by atoms with Crippen molar-refractivity contribution in [3.8, 4) is 5.75 Å². The fourth-order valence-corrected chi connectivity index (χ4v) is 1.68. The summed E-state index contributed by atoms with van der Waals surface area (Å²) in [4.78, 5) is 14.7. The lowest BCUT2D eigenvalue weighted by Gasteiger charge is -2.19. The van der Waals surface area contributed by atoms with Gasteiger partial charge in [-0.3, -0.25) is 4.79 Å². The first kappa shape index (κ1) is 12.0. The maximum Gasteiger partial charge on any atom is 0.291 e. The molecular weight excluding hydrogens is 227 g/mol. The number of benzene rings is 1. The third-order valence-corrected chi connectivity index (χ3v) is 2.50. The molecule has 0 saturated heterocycles. The molecule has 0 spiro atoms. The highest BCUT2D eigenvalue weighted by molar-refractivity contribution is 6.08. The lowest BCUT2D eigenvalue weighted by molar-refractivity contribution is -0.115. The molecule has 0 bridgehead atoms. The highest BCUT2D eigenvalue weighted by atomic mass is 16.5. The summed E-state index contributed by atoms with van der Waals surface area (Å²) in [6.07, 6.45) is 5.28. The van der Waals surface area contributed by atoms with Crippen molar-refractivity contribution < 1.29 is 9.53 Å². The number of para-hydroxylation sites is 2. The Balaban J connectivity index is 0.00000120. The zero-order valence-corrected chi connectivity index (χ0v) is 9.51. The summed E-state index contributed by atoms with van der Waals surface area (Å²) in [5.74, 6) is 0.724. The Morgan fingerprint density at radius 1 is 1.17 bits per heavy atom. The minimum absolute atomic E-state index is 0. The van der Waals surface area contributed by atoms with Crippen LogP contribution in [0.1, 0.15) is 5.56 Å². The second kappa shape index (κ2) is 4.83. The topological polar surface area (TPSA) is 54.1 Å². The SMILES string of the molecule is O=C1Nc2ccccc2OC1=Cc1cc[nH]c1.[B]. The lowest BCUT2D eigenvalue weighted by Crippen LogP contribution is -2.23. The van der Waals surface area contributed by atoms with Crippen molar-refractivity contribution in [2.45, 2.75) is 0 Å². The fraction of sp³-hybridized carbons (Fsp3) is 0.